The highest BCUT2D eigenvalue weighted by Crippen LogP contribution is 2.28. The summed E-state index contributed by atoms with van der Waals surface area (Å²) in [4.78, 5) is 0. The van der Waals surface area contributed by atoms with E-state index >= 15 is 0 Å². The molecule has 3 heteroatoms. The lowest BCUT2D eigenvalue weighted by Crippen LogP contribution is -2.20. The van der Waals surface area contributed by atoms with E-state index in [-0.39, 0.29) is 11.9 Å². The van der Waals surface area contributed by atoms with Crippen molar-refractivity contribution in [2.24, 2.45) is 5.92 Å². The van der Waals surface area contributed by atoms with Crippen LogP contribution in [0.15, 0.2) is 18.2 Å². The molecule has 2 unspecified atom stereocenters. The molecule has 1 rings (SSSR count). The molecular weight excluding hydrogens is 212 g/mol. The highest BCUT2D eigenvalue weighted by Gasteiger charge is 2.12. The van der Waals surface area contributed by atoms with Gasteiger partial charge >= 0.3 is 0 Å². The number of halogens is 1. The van der Waals surface area contributed by atoms with Gasteiger partial charge < -0.3 is 9.84 Å². The molecule has 0 aliphatic heterocycles. The molecule has 0 saturated carbocycles. The molecule has 2 nitrogen and oxygen atoms in total. The van der Waals surface area contributed by atoms with E-state index in [1.165, 1.54) is 0 Å². The molecule has 2 atom stereocenters. The van der Waals surface area contributed by atoms with Crippen LogP contribution in [0.4, 0.5) is 0 Å². The highest BCUT2D eigenvalue weighted by molar-refractivity contribution is 6.32. The summed E-state index contributed by atoms with van der Waals surface area (Å²) in [6.07, 6.45) is 1.23. The predicted molar refractivity (Wildman–Crippen MR) is 62.7 cm³/mol. The molecule has 0 amide bonds. The van der Waals surface area contributed by atoms with Gasteiger partial charge in [0, 0.05) is 6.07 Å². The monoisotopic (exact) mass is 228 g/mol. The third-order valence-electron chi connectivity index (χ3n) is 2.69. The fourth-order valence-electron chi connectivity index (χ4n) is 1.22. The molecule has 0 aliphatic carbocycles. The molecule has 0 aliphatic rings. The minimum absolute atomic E-state index is 0.0835. The van der Waals surface area contributed by atoms with Crippen LogP contribution in [0.5, 0.6) is 11.5 Å². The third kappa shape index (κ3) is 3.31. The Kier molecular flexibility index (Phi) is 4.28. The van der Waals surface area contributed by atoms with E-state index < -0.39 is 0 Å². The number of aromatic hydroxyl groups is 1. The van der Waals surface area contributed by atoms with Crippen molar-refractivity contribution in [1.82, 2.24) is 0 Å². The first-order valence-corrected chi connectivity index (χ1v) is 5.57. The van der Waals surface area contributed by atoms with Gasteiger partial charge in [0.1, 0.15) is 11.5 Å². The van der Waals surface area contributed by atoms with E-state index in [9.17, 15) is 5.11 Å². The lowest BCUT2D eigenvalue weighted by Gasteiger charge is -2.20. The SMILES string of the molecule is CCC(C)C(C)Oc1ccc(O)c(Cl)c1. The standard InChI is InChI=1S/C12H17ClO2/c1-4-8(2)9(3)15-10-5-6-12(14)11(13)7-10/h5-9,14H,4H2,1-3H3. The number of phenols is 1. The summed E-state index contributed by atoms with van der Waals surface area (Å²) >= 11 is 5.78. The van der Waals surface area contributed by atoms with E-state index in [2.05, 4.69) is 13.8 Å². The van der Waals surface area contributed by atoms with Gasteiger partial charge in [0.25, 0.3) is 0 Å². The second kappa shape index (κ2) is 5.26. The van der Waals surface area contributed by atoms with Crippen LogP contribution in [0, 0.1) is 5.92 Å². The number of rotatable bonds is 4. The number of hydrogen-bond donors (Lipinski definition) is 1. The largest absolute Gasteiger partial charge is 0.506 e. The first kappa shape index (κ1) is 12.2. The van der Waals surface area contributed by atoms with Gasteiger partial charge in [-0.25, -0.2) is 0 Å². The lowest BCUT2D eigenvalue weighted by atomic mass is 10.0. The fourth-order valence-corrected chi connectivity index (χ4v) is 1.39. The van der Waals surface area contributed by atoms with Gasteiger partial charge in [0.2, 0.25) is 0 Å². The summed E-state index contributed by atoms with van der Waals surface area (Å²) in [5, 5.41) is 9.57. The first-order valence-electron chi connectivity index (χ1n) is 5.19. The van der Waals surface area contributed by atoms with E-state index in [1.54, 1.807) is 18.2 Å². The second-order valence-electron chi connectivity index (χ2n) is 3.82. The Hall–Kier alpha value is -0.890. The van der Waals surface area contributed by atoms with Crippen LogP contribution in [0.25, 0.3) is 0 Å². The molecule has 1 aromatic carbocycles. The minimum Gasteiger partial charge on any atom is -0.506 e. The Morgan fingerprint density at radius 1 is 1.40 bits per heavy atom. The van der Waals surface area contributed by atoms with Gasteiger partial charge in [-0.3, -0.25) is 0 Å². The summed E-state index contributed by atoms with van der Waals surface area (Å²) in [6.45, 7) is 6.32. The van der Waals surface area contributed by atoms with Crippen LogP contribution in [0.1, 0.15) is 27.2 Å². The summed E-state index contributed by atoms with van der Waals surface area (Å²) in [5.74, 6) is 1.28. The van der Waals surface area contributed by atoms with Crippen LogP contribution in [0.2, 0.25) is 5.02 Å². The van der Waals surface area contributed by atoms with E-state index in [0.29, 0.717) is 16.7 Å². The van der Waals surface area contributed by atoms with Gasteiger partial charge in [-0.15, -0.1) is 0 Å². The minimum atomic E-state index is 0.0835. The molecule has 0 spiro atoms. The van der Waals surface area contributed by atoms with Gasteiger partial charge in [-0.05, 0) is 25.0 Å². The average Bonchev–Trinajstić information content (AvgIpc) is 2.22. The van der Waals surface area contributed by atoms with Crippen LogP contribution in [-0.2, 0) is 0 Å². The Morgan fingerprint density at radius 2 is 2.07 bits per heavy atom. The first-order chi connectivity index (χ1) is 7.04. The van der Waals surface area contributed by atoms with E-state index in [1.807, 2.05) is 6.92 Å². The maximum Gasteiger partial charge on any atom is 0.134 e. The fraction of sp³-hybridized carbons (Fsp3) is 0.500. The average molecular weight is 229 g/mol. The van der Waals surface area contributed by atoms with E-state index in [0.717, 1.165) is 6.42 Å². The third-order valence-corrected chi connectivity index (χ3v) is 2.99. The lowest BCUT2D eigenvalue weighted by molar-refractivity contribution is 0.158. The Labute approximate surface area is 95.8 Å². The van der Waals surface area contributed by atoms with Gasteiger partial charge in [-0.1, -0.05) is 31.9 Å². The van der Waals surface area contributed by atoms with Gasteiger partial charge in [0.05, 0.1) is 11.1 Å². The molecule has 0 saturated heterocycles. The maximum absolute atomic E-state index is 9.25. The Balaban J connectivity index is 2.68. The smallest absolute Gasteiger partial charge is 0.134 e. The van der Waals surface area contributed by atoms with Crippen molar-refractivity contribution in [3.05, 3.63) is 23.2 Å². The number of phenolic OH excluding ortho intramolecular Hbond substituents is 1. The van der Waals surface area contributed by atoms with Crippen LogP contribution < -0.4 is 4.74 Å². The van der Waals surface area contributed by atoms with Crippen molar-refractivity contribution >= 4 is 11.6 Å². The van der Waals surface area contributed by atoms with Crippen molar-refractivity contribution in [3.8, 4) is 11.5 Å². The number of hydrogen-bond acceptors (Lipinski definition) is 2. The number of benzene rings is 1. The molecule has 0 radical (unpaired) electrons. The van der Waals surface area contributed by atoms with Crippen molar-refractivity contribution in [2.75, 3.05) is 0 Å². The molecule has 84 valence electrons. The van der Waals surface area contributed by atoms with E-state index in [4.69, 9.17) is 16.3 Å². The van der Waals surface area contributed by atoms with Crippen molar-refractivity contribution in [1.29, 1.82) is 0 Å². The normalized spacial score (nSPS) is 14.7. The maximum atomic E-state index is 9.25. The van der Waals surface area contributed by atoms with Crippen molar-refractivity contribution in [2.45, 2.75) is 33.3 Å². The Morgan fingerprint density at radius 3 is 2.60 bits per heavy atom. The zero-order valence-electron chi connectivity index (χ0n) is 9.33. The Bertz CT molecular complexity index is 325. The predicted octanol–water partition coefficient (Wildman–Crippen LogP) is 3.86. The van der Waals surface area contributed by atoms with Crippen LogP contribution in [0.3, 0.4) is 0 Å². The molecule has 1 aromatic rings. The second-order valence-corrected chi connectivity index (χ2v) is 4.23. The molecule has 15 heavy (non-hydrogen) atoms. The summed E-state index contributed by atoms with van der Waals surface area (Å²) < 4.78 is 5.71. The molecule has 0 heterocycles. The summed E-state index contributed by atoms with van der Waals surface area (Å²) in [6, 6.07) is 4.90. The molecule has 1 N–H and O–H groups in total. The van der Waals surface area contributed by atoms with Gasteiger partial charge in [-0.2, -0.15) is 0 Å². The van der Waals surface area contributed by atoms with Crippen LogP contribution in [-0.4, -0.2) is 11.2 Å². The van der Waals surface area contributed by atoms with Crippen LogP contribution >= 0.6 is 11.6 Å². The zero-order valence-corrected chi connectivity index (χ0v) is 10.1. The summed E-state index contributed by atoms with van der Waals surface area (Å²) in [5.41, 5.74) is 0. The quantitative estimate of drug-likeness (QED) is 0.848. The number of ether oxygens (including phenoxy) is 1. The molecular formula is C12H17ClO2. The van der Waals surface area contributed by atoms with Crippen molar-refractivity contribution in [3.63, 3.8) is 0 Å². The van der Waals surface area contributed by atoms with Gasteiger partial charge in [0.15, 0.2) is 0 Å². The zero-order chi connectivity index (χ0) is 11.4. The van der Waals surface area contributed by atoms with Crippen molar-refractivity contribution < 1.29 is 9.84 Å². The highest BCUT2D eigenvalue weighted by atomic mass is 35.5. The molecule has 0 bridgehead atoms. The molecule has 0 aromatic heterocycles. The molecule has 0 fully saturated rings. The summed E-state index contributed by atoms with van der Waals surface area (Å²) in [7, 11) is 0. The topological polar surface area (TPSA) is 29.5 Å².